The lowest BCUT2D eigenvalue weighted by Crippen LogP contribution is -2.35. The molecule has 1 fully saturated rings. The first-order chi connectivity index (χ1) is 11.3. The topological polar surface area (TPSA) is 64.3 Å². The molecule has 0 spiro atoms. The minimum absolute atomic E-state index is 0.0838. The van der Waals surface area contributed by atoms with E-state index < -0.39 is 0 Å². The van der Waals surface area contributed by atoms with E-state index >= 15 is 0 Å². The van der Waals surface area contributed by atoms with E-state index in [1.165, 1.54) is 10.8 Å². The first-order valence-corrected chi connectivity index (χ1v) is 8.32. The Hall–Kier alpha value is -1.91. The van der Waals surface area contributed by atoms with Gasteiger partial charge in [0.25, 0.3) is 0 Å². The number of carbonyl (C=O) groups is 1. The maximum Gasteiger partial charge on any atom is 0.220 e. The fourth-order valence-corrected chi connectivity index (χ4v) is 3.17. The number of amides is 1. The Morgan fingerprint density at radius 2 is 1.91 bits per heavy atom. The zero-order valence-electron chi connectivity index (χ0n) is 13.3. The molecule has 0 bridgehead atoms. The standard InChI is InChI=1S/C19H24N2O2/c20-13-18(21-19(22)11-14-7-9-23-10-8-14)17-6-5-15-3-1-2-4-16(15)12-17/h1-6,12,14,18H,7-11,13,20H2,(H,21,22). The summed E-state index contributed by atoms with van der Waals surface area (Å²) in [5.74, 6) is 0.513. The van der Waals surface area contributed by atoms with Crippen molar-refractivity contribution in [1.29, 1.82) is 0 Å². The van der Waals surface area contributed by atoms with E-state index in [2.05, 4.69) is 35.6 Å². The van der Waals surface area contributed by atoms with Crippen molar-refractivity contribution in [3.8, 4) is 0 Å². The quantitative estimate of drug-likeness (QED) is 0.892. The summed E-state index contributed by atoms with van der Waals surface area (Å²) in [5.41, 5.74) is 6.96. The fourth-order valence-electron chi connectivity index (χ4n) is 3.17. The SMILES string of the molecule is NCC(NC(=O)CC1CCOCC1)c1ccc2ccccc2c1. The lowest BCUT2D eigenvalue weighted by Gasteiger charge is -2.23. The van der Waals surface area contributed by atoms with Gasteiger partial charge in [-0.25, -0.2) is 0 Å². The number of nitrogens with one attached hydrogen (secondary N) is 1. The zero-order valence-corrected chi connectivity index (χ0v) is 13.3. The second-order valence-electron chi connectivity index (χ2n) is 6.22. The van der Waals surface area contributed by atoms with Gasteiger partial charge in [0.15, 0.2) is 0 Å². The van der Waals surface area contributed by atoms with Crippen molar-refractivity contribution in [2.24, 2.45) is 11.7 Å². The average molecular weight is 312 g/mol. The third-order valence-corrected chi connectivity index (χ3v) is 4.56. The molecule has 3 rings (SSSR count). The number of rotatable bonds is 5. The van der Waals surface area contributed by atoms with Crippen molar-refractivity contribution in [2.45, 2.75) is 25.3 Å². The number of carbonyl (C=O) groups excluding carboxylic acids is 1. The van der Waals surface area contributed by atoms with Gasteiger partial charge in [0.05, 0.1) is 6.04 Å². The number of nitrogens with two attached hydrogens (primary N) is 1. The normalized spacial score (nSPS) is 17.1. The zero-order chi connectivity index (χ0) is 16.1. The van der Waals surface area contributed by atoms with Crippen LogP contribution in [0.2, 0.25) is 0 Å². The molecule has 23 heavy (non-hydrogen) atoms. The molecule has 0 saturated carbocycles. The van der Waals surface area contributed by atoms with Crippen LogP contribution in [0.4, 0.5) is 0 Å². The highest BCUT2D eigenvalue weighted by Gasteiger charge is 2.20. The van der Waals surface area contributed by atoms with Gasteiger partial charge in [-0.3, -0.25) is 4.79 Å². The largest absolute Gasteiger partial charge is 0.381 e. The molecule has 0 aromatic heterocycles. The number of fused-ring (bicyclic) bond motifs is 1. The van der Waals surface area contributed by atoms with Crippen molar-refractivity contribution >= 4 is 16.7 Å². The number of hydrogen-bond acceptors (Lipinski definition) is 3. The van der Waals surface area contributed by atoms with E-state index in [1.54, 1.807) is 0 Å². The molecule has 2 aromatic carbocycles. The van der Waals surface area contributed by atoms with E-state index in [1.807, 2.05) is 12.1 Å². The summed E-state index contributed by atoms with van der Waals surface area (Å²) >= 11 is 0. The van der Waals surface area contributed by atoms with Crippen LogP contribution in [-0.2, 0) is 9.53 Å². The molecule has 3 N–H and O–H groups in total. The third kappa shape index (κ3) is 4.09. The highest BCUT2D eigenvalue weighted by atomic mass is 16.5. The van der Waals surface area contributed by atoms with Gasteiger partial charge >= 0.3 is 0 Å². The molecule has 1 heterocycles. The van der Waals surface area contributed by atoms with Crippen LogP contribution in [-0.4, -0.2) is 25.7 Å². The van der Waals surface area contributed by atoms with Crippen LogP contribution in [0, 0.1) is 5.92 Å². The first-order valence-electron chi connectivity index (χ1n) is 8.32. The third-order valence-electron chi connectivity index (χ3n) is 4.56. The Bertz CT molecular complexity index is 665. The van der Waals surface area contributed by atoms with E-state index in [0.29, 0.717) is 18.9 Å². The van der Waals surface area contributed by atoms with E-state index in [0.717, 1.165) is 31.6 Å². The van der Waals surface area contributed by atoms with Gasteiger partial charge in [0.1, 0.15) is 0 Å². The monoisotopic (exact) mass is 312 g/mol. The fraction of sp³-hybridized carbons (Fsp3) is 0.421. The number of ether oxygens (including phenoxy) is 1. The maximum atomic E-state index is 12.3. The van der Waals surface area contributed by atoms with Crippen LogP contribution >= 0.6 is 0 Å². The molecule has 2 aromatic rings. The van der Waals surface area contributed by atoms with Crippen LogP contribution < -0.4 is 11.1 Å². The first kappa shape index (κ1) is 16.0. The molecule has 0 radical (unpaired) electrons. The Morgan fingerprint density at radius 3 is 2.65 bits per heavy atom. The van der Waals surface area contributed by atoms with E-state index in [9.17, 15) is 4.79 Å². The van der Waals surface area contributed by atoms with Crippen LogP contribution in [0.15, 0.2) is 42.5 Å². The predicted octanol–water partition coefficient (Wildman–Crippen LogP) is 2.77. The Labute approximate surface area is 137 Å². The summed E-state index contributed by atoms with van der Waals surface area (Å²) in [6.07, 6.45) is 2.50. The summed E-state index contributed by atoms with van der Waals surface area (Å²) in [4.78, 5) is 12.3. The second-order valence-corrected chi connectivity index (χ2v) is 6.22. The minimum Gasteiger partial charge on any atom is -0.381 e. The molecule has 4 nitrogen and oxygen atoms in total. The molecule has 1 saturated heterocycles. The van der Waals surface area contributed by atoms with Crippen molar-refractivity contribution in [3.63, 3.8) is 0 Å². The molecule has 1 aliphatic rings. The summed E-state index contributed by atoms with van der Waals surface area (Å²) < 4.78 is 5.34. The second kappa shape index (κ2) is 7.57. The molecule has 4 heteroatoms. The van der Waals surface area contributed by atoms with Crippen LogP contribution in [0.3, 0.4) is 0 Å². The predicted molar refractivity (Wildman–Crippen MR) is 92.0 cm³/mol. The Balaban J connectivity index is 1.66. The van der Waals surface area contributed by atoms with Gasteiger partial charge in [-0.15, -0.1) is 0 Å². The molecular weight excluding hydrogens is 288 g/mol. The molecule has 1 amide bonds. The molecular formula is C19H24N2O2. The molecule has 1 aliphatic heterocycles. The van der Waals surface area contributed by atoms with Gasteiger partial charge < -0.3 is 15.8 Å². The van der Waals surface area contributed by atoms with Gasteiger partial charge in [-0.05, 0) is 41.2 Å². The molecule has 122 valence electrons. The van der Waals surface area contributed by atoms with Crippen LogP contribution in [0.1, 0.15) is 30.9 Å². The average Bonchev–Trinajstić information content (AvgIpc) is 2.60. The van der Waals surface area contributed by atoms with Gasteiger partial charge in [0, 0.05) is 26.2 Å². The Kier molecular flexibility index (Phi) is 5.26. The summed E-state index contributed by atoms with van der Waals surface area (Å²) in [5, 5.41) is 5.45. The lowest BCUT2D eigenvalue weighted by atomic mass is 9.95. The molecule has 1 atom stereocenters. The lowest BCUT2D eigenvalue weighted by molar-refractivity contribution is -0.123. The van der Waals surface area contributed by atoms with Crippen molar-refractivity contribution in [1.82, 2.24) is 5.32 Å². The highest BCUT2D eigenvalue weighted by molar-refractivity contribution is 5.83. The summed E-state index contributed by atoms with van der Waals surface area (Å²) in [7, 11) is 0. The summed E-state index contributed by atoms with van der Waals surface area (Å²) in [6, 6.07) is 14.3. The van der Waals surface area contributed by atoms with Gasteiger partial charge in [0.2, 0.25) is 5.91 Å². The van der Waals surface area contributed by atoms with Gasteiger partial charge in [-0.2, -0.15) is 0 Å². The van der Waals surface area contributed by atoms with Crippen molar-refractivity contribution in [2.75, 3.05) is 19.8 Å². The van der Waals surface area contributed by atoms with E-state index in [4.69, 9.17) is 10.5 Å². The maximum absolute atomic E-state index is 12.3. The van der Waals surface area contributed by atoms with Crippen molar-refractivity contribution < 1.29 is 9.53 Å². The van der Waals surface area contributed by atoms with E-state index in [-0.39, 0.29) is 11.9 Å². The molecule has 0 aliphatic carbocycles. The molecule has 1 unspecified atom stereocenters. The van der Waals surface area contributed by atoms with Crippen molar-refractivity contribution in [3.05, 3.63) is 48.0 Å². The number of benzene rings is 2. The van der Waals surface area contributed by atoms with Crippen LogP contribution in [0.25, 0.3) is 10.8 Å². The van der Waals surface area contributed by atoms with Gasteiger partial charge in [-0.1, -0.05) is 36.4 Å². The summed E-state index contributed by atoms with van der Waals surface area (Å²) in [6.45, 7) is 1.93. The number of hydrogen-bond donors (Lipinski definition) is 2. The smallest absolute Gasteiger partial charge is 0.220 e. The van der Waals surface area contributed by atoms with Crippen LogP contribution in [0.5, 0.6) is 0 Å². The minimum atomic E-state index is -0.132. The highest BCUT2D eigenvalue weighted by Crippen LogP contribution is 2.22. The Morgan fingerprint density at radius 1 is 1.17 bits per heavy atom.